The summed E-state index contributed by atoms with van der Waals surface area (Å²) in [7, 11) is 0. The van der Waals surface area contributed by atoms with Gasteiger partial charge in [0.25, 0.3) is 0 Å². The van der Waals surface area contributed by atoms with Crippen LogP contribution >= 0.6 is 0 Å². The highest BCUT2D eigenvalue weighted by Gasteiger charge is 2.36. The van der Waals surface area contributed by atoms with Gasteiger partial charge in [0.15, 0.2) is 0 Å². The Bertz CT molecular complexity index is 905. The van der Waals surface area contributed by atoms with E-state index in [1.807, 2.05) is 30.3 Å². The molecule has 0 bridgehead atoms. The highest BCUT2D eigenvalue weighted by molar-refractivity contribution is 5.89. The molecule has 0 radical (unpaired) electrons. The average Bonchev–Trinajstić information content (AvgIpc) is 3.22. The van der Waals surface area contributed by atoms with Crippen LogP contribution < -0.4 is 5.32 Å². The Labute approximate surface area is 173 Å². The van der Waals surface area contributed by atoms with Crippen LogP contribution in [-0.2, 0) is 27.4 Å². The van der Waals surface area contributed by atoms with Crippen LogP contribution in [0.4, 0.5) is 9.18 Å². The van der Waals surface area contributed by atoms with Crippen molar-refractivity contribution in [2.45, 2.75) is 38.0 Å². The van der Waals surface area contributed by atoms with Crippen LogP contribution in [0, 0.1) is 5.82 Å². The van der Waals surface area contributed by atoms with E-state index in [-0.39, 0.29) is 13.0 Å². The Kier molecular flexibility index (Phi) is 7.00. The van der Waals surface area contributed by atoms with E-state index in [1.54, 1.807) is 6.07 Å². The SMILES string of the molecule is O=C(O)[C@H](Cc1cccc(F)c1)NC(=O)[C@H]1CCCN1C(=O)OCc1ccccc1. The van der Waals surface area contributed by atoms with Crippen molar-refractivity contribution in [2.75, 3.05) is 6.54 Å². The van der Waals surface area contributed by atoms with Crippen LogP contribution in [0.5, 0.6) is 0 Å². The van der Waals surface area contributed by atoms with Gasteiger partial charge in [0.2, 0.25) is 5.91 Å². The first-order valence-corrected chi connectivity index (χ1v) is 9.69. The third-order valence-electron chi connectivity index (χ3n) is 4.94. The number of carbonyl (C=O) groups is 3. The van der Waals surface area contributed by atoms with Crippen molar-refractivity contribution in [1.29, 1.82) is 0 Å². The molecule has 1 heterocycles. The lowest BCUT2D eigenvalue weighted by Crippen LogP contribution is -2.51. The summed E-state index contributed by atoms with van der Waals surface area (Å²) in [6.07, 6.45) is 0.344. The Morgan fingerprint density at radius 3 is 2.57 bits per heavy atom. The van der Waals surface area contributed by atoms with Crippen molar-refractivity contribution in [2.24, 2.45) is 0 Å². The number of benzene rings is 2. The van der Waals surface area contributed by atoms with Crippen molar-refractivity contribution in [1.82, 2.24) is 10.2 Å². The van der Waals surface area contributed by atoms with Crippen molar-refractivity contribution in [3.05, 3.63) is 71.5 Å². The molecule has 1 aliphatic heterocycles. The zero-order valence-electron chi connectivity index (χ0n) is 16.3. The zero-order chi connectivity index (χ0) is 21.5. The smallest absolute Gasteiger partial charge is 0.410 e. The van der Waals surface area contributed by atoms with Gasteiger partial charge in [-0.25, -0.2) is 14.0 Å². The minimum Gasteiger partial charge on any atom is -0.480 e. The monoisotopic (exact) mass is 414 g/mol. The fourth-order valence-corrected chi connectivity index (χ4v) is 3.43. The van der Waals surface area contributed by atoms with E-state index >= 15 is 0 Å². The second kappa shape index (κ2) is 9.87. The van der Waals surface area contributed by atoms with E-state index < -0.39 is 35.9 Å². The summed E-state index contributed by atoms with van der Waals surface area (Å²) in [6, 6.07) is 12.7. The molecule has 2 atom stereocenters. The standard InChI is InChI=1S/C22H23FN2O5/c23-17-9-4-8-16(12-17)13-18(21(27)28)24-20(26)19-10-5-11-25(19)22(29)30-14-15-6-2-1-3-7-15/h1-4,6-9,12,18-19H,5,10-11,13-14H2,(H,24,26)(H,27,28)/t18-,19+/m0/s1. The summed E-state index contributed by atoms with van der Waals surface area (Å²) in [6.45, 7) is 0.440. The van der Waals surface area contributed by atoms with Crippen molar-refractivity contribution >= 4 is 18.0 Å². The van der Waals surface area contributed by atoms with Crippen LogP contribution in [0.2, 0.25) is 0 Å². The molecule has 158 valence electrons. The van der Waals surface area contributed by atoms with Gasteiger partial charge in [0, 0.05) is 13.0 Å². The maximum Gasteiger partial charge on any atom is 0.410 e. The van der Waals surface area contributed by atoms with Crippen molar-refractivity contribution in [3.8, 4) is 0 Å². The van der Waals surface area contributed by atoms with Gasteiger partial charge in [0.1, 0.15) is 24.5 Å². The van der Waals surface area contributed by atoms with E-state index in [9.17, 15) is 23.9 Å². The predicted molar refractivity (Wildman–Crippen MR) is 106 cm³/mol. The number of likely N-dealkylation sites (tertiary alicyclic amines) is 1. The molecule has 1 fully saturated rings. The van der Waals surface area contributed by atoms with Crippen LogP contribution in [0.15, 0.2) is 54.6 Å². The molecule has 7 nitrogen and oxygen atoms in total. The summed E-state index contributed by atoms with van der Waals surface area (Å²) in [4.78, 5) is 38.1. The van der Waals surface area contributed by atoms with Gasteiger partial charge < -0.3 is 15.2 Å². The third kappa shape index (κ3) is 5.56. The number of ether oxygens (including phenoxy) is 1. The van der Waals surface area contributed by atoms with E-state index in [1.165, 1.54) is 23.1 Å². The fourth-order valence-electron chi connectivity index (χ4n) is 3.43. The number of aliphatic carboxylic acids is 1. The van der Waals surface area contributed by atoms with Gasteiger partial charge in [-0.2, -0.15) is 0 Å². The predicted octanol–water partition coefficient (Wildman–Crippen LogP) is 2.74. The van der Waals surface area contributed by atoms with E-state index in [0.29, 0.717) is 24.9 Å². The lowest BCUT2D eigenvalue weighted by atomic mass is 10.1. The number of nitrogens with one attached hydrogen (secondary N) is 1. The molecule has 0 saturated carbocycles. The average molecular weight is 414 g/mol. The molecule has 3 rings (SSSR count). The molecule has 0 unspecified atom stereocenters. The molecular formula is C22H23FN2O5. The van der Waals surface area contributed by atoms with Crippen molar-refractivity contribution < 1.29 is 28.6 Å². The van der Waals surface area contributed by atoms with Gasteiger partial charge in [0.05, 0.1) is 0 Å². The number of rotatable bonds is 7. The molecule has 30 heavy (non-hydrogen) atoms. The van der Waals surface area contributed by atoms with Gasteiger partial charge in [-0.05, 0) is 36.1 Å². The molecule has 0 aromatic heterocycles. The summed E-state index contributed by atoms with van der Waals surface area (Å²) in [5.41, 5.74) is 1.28. The number of hydrogen-bond donors (Lipinski definition) is 2. The number of carboxylic acids is 1. The van der Waals surface area contributed by atoms with E-state index in [2.05, 4.69) is 5.32 Å². The molecular weight excluding hydrogens is 391 g/mol. The molecule has 2 N–H and O–H groups in total. The minimum atomic E-state index is -1.23. The number of carboxylic acid groups (broad SMARTS) is 1. The van der Waals surface area contributed by atoms with Gasteiger partial charge in [-0.1, -0.05) is 42.5 Å². The van der Waals surface area contributed by atoms with Crippen LogP contribution in [0.25, 0.3) is 0 Å². The summed E-state index contributed by atoms with van der Waals surface area (Å²) in [5, 5.41) is 11.9. The van der Waals surface area contributed by atoms with Crippen molar-refractivity contribution in [3.63, 3.8) is 0 Å². The van der Waals surface area contributed by atoms with Crippen LogP contribution in [0.3, 0.4) is 0 Å². The first kappa shape index (κ1) is 21.3. The second-order valence-corrected chi connectivity index (χ2v) is 7.13. The Morgan fingerprint density at radius 1 is 1.13 bits per heavy atom. The van der Waals surface area contributed by atoms with Gasteiger partial charge >= 0.3 is 12.1 Å². The van der Waals surface area contributed by atoms with Crippen LogP contribution in [0.1, 0.15) is 24.0 Å². The molecule has 2 amide bonds. The summed E-state index contributed by atoms with van der Waals surface area (Å²) < 4.78 is 18.7. The normalized spacial score (nSPS) is 16.7. The van der Waals surface area contributed by atoms with Gasteiger partial charge in [-0.3, -0.25) is 9.69 Å². The summed E-state index contributed by atoms with van der Waals surface area (Å²) >= 11 is 0. The molecule has 2 aromatic rings. The first-order valence-electron chi connectivity index (χ1n) is 9.69. The highest BCUT2D eigenvalue weighted by Crippen LogP contribution is 2.19. The molecule has 1 saturated heterocycles. The van der Waals surface area contributed by atoms with E-state index in [4.69, 9.17) is 4.74 Å². The van der Waals surface area contributed by atoms with Crippen LogP contribution in [-0.4, -0.2) is 46.6 Å². The molecule has 2 aromatic carbocycles. The second-order valence-electron chi connectivity index (χ2n) is 7.13. The highest BCUT2D eigenvalue weighted by atomic mass is 19.1. The maximum absolute atomic E-state index is 13.4. The topological polar surface area (TPSA) is 95.9 Å². The molecule has 0 aliphatic carbocycles. The largest absolute Gasteiger partial charge is 0.480 e. The Hall–Kier alpha value is -3.42. The number of carbonyl (C=O) groups excluding carboxylic acids is 2. The number of amides is 2. The Balaban J connectivity index is 1.60. The third-order valence-corrected chi connectivity index (χ3v) is 4.94. The molecule has 0 spiro atoms. The first-order chi connectivity index (χ1) is 14.4. The number of hydrogen-bond acceptors (Lipinski definition) is 4. The minimum absolute atomic E-state index is 0.0655. The zero-order valence-corrected chi connectivity index (χ0v) is 16.3. The maximum atomic E-state index is 13.4. The number of nitrogens with zero attached hydrogens (tertiary/aromatic N) is 1. The molecule has 1 aliphatic rings. The fraction of sp³-hybridized carbons (Fsp3) is 0.318. The lowest BCUT2D eigenvalue weighted by molar-refractivity contribution is -0.142. The van der Waals surface area contributed by atoms with E-state index in [0.717, 1.165) is 5.56 Å². The Morgan fingerprint density at radius 2 is 1.87 bits per heavy atom. The quantitative estimate of drug-likeness (QED) is 0.726. The summed E-state index contributed by atoms with van der Waals surface area (Å²) in [5.74, 6) is -2.28. The lowest BCUT2D eigenvalue weighted by Gasteiger charge is -2.25. The molecule has 8 heteroatoms. The van der Waals surface area contributed by atoms with Gasteiger partial charge in [-0.15, -0.1) is 0 Å². The number of halogens is 1.